The summed E-state index contributed by atoms with van der Waals surface area (Å²) in [7, 11) is 0. The van der Waals surface area contributed by atoms with Crippen molar-refractivity contribution in [3.05, 3.63) is 70.6 Å². The minimum absolute atomic E-state index is 0.0130. The topological polar surface area (TPSA) is 71.3 Å². The van der Waals surface area contributed by atoms with Crippen molar-refractivity contribution in [1.29, 1.82) is 0 Å². The Bertz CT molecular complexity index is 1160. The highest BCUT2D eigenvalue weighted by molar-refractivity contribution is 5.79. The number of nitrogens with one attached hydrogen (secondary N) is 1. The zero-order valence-electron chi connectivity index (χ0n) is 21.9. The molecule has 2 atom stereocenters. The summed E-state index contributed by atoms with van der Waals surface area (Å²) in [6.07, 6.45) is 1.88. The van der Waals surface area contributed by atoms with Gasteiger partial charge in [0.1, 0.15) is 0 Å². The van der Waals surface area contributed by atoms with Crippen LogP contribution in [-0.4, -0.2) is 34.0 Å². The molecule has 1 N–H and O–H groups in total. The molecule has 0 radical (unpaired) electrons. The molecule has 35 heavy (non-hydrogen) atoms. The van der Waals surface area contributed by atoms with Gasteiger partial charge in [-0.15, -0.1) is 0 Å². The number of aryl methyl sites for hydroxylation is 2. The Kier molecular flexibility index (Phi) is 7.41. The van der Waals surface area contributed by atoms with Crippen molar-refractivity contribution in [2.24, 2.45) is 5.92 Å². The zero-order chi connectivity index (χ0) is 25.2. The molecule has 1 saturated heterocycles. The van der Waals surface area contributed by atoms with Gasteiger partial charge in [0.2, 0.25) is 17.6 Å². The summed E-state index contributed by atoms with van der Waals surface area (Å²) in [4.78, 5) is 19.9. The summed E-state index contributed by atoms with van der Waals surface area (Å²) in [6.45, 7) is 15.0. The molecule has 1 fully saturated rings. The second-order valence-corrected chi connectivity index (χ2v) is 11.0. The Labute approximate surface area is 209 Å². The number of hydrogen-bond acceptors (Lipinski definition) is 5. The molecule has 1 aliphatic rings. The number of aromatic nitrogens is 2. The highest BCUT2D eigenvalue weighted by Crippen LogP contribution is 2.26. The molecule has 2 unspecified atom stereocenters. The van der Waals surface area contributed by atoms with E-state index in [1.165, 1.54) is 22.3 Å². The van der Waals surface area contributed by atoms with Crippen LogP contribution in [0.5, 0.6) is 0 Å². The minimum Gasteiger partial charge on any atom is -0.349 e. The van der Waals surface area contributed by atoms with Crippen molar-refractivity contribution in [3.8, 4) is 11.4 Å². The van der Waals surface area contributed by atoms with Crippen molar-refractivity contribution < 1.29 is 9.32 Å². The summed E-state index contributed by atoms with van der Waals surface area (Å²) in [5, 5.41) is 7.44. The number of nitrogens with zero attached hydrogens (tertiary/aromatic N) is 3. The molecule has 1 aromatic heterocycles. The van der Waals surface area contributed by atoms with E-state index in [2.05, 4.69) is 92.2 Å². The van der Waals surface area contributed by atoms with Crippen LogP contribution in [0.2, 0.25) is 0 Å². The average Bonchev–Trinajstić information content (AvgIpc) is 3.28. The second-order valence-electron chi connectivity index (χ2n) is 11.0. The fourth-order valence-corrected chi connectivity index (χ4v) is 4.80. The van der Waals surface area contributed by atoms with E-state index < -0.39 is 0 Å². The van der Waals surface area contributed by atoms with Crippen LogP contribution < -0.4 is 5.32 Å². The predicted octanol–water partition coefficient (Wildman–Crippen LogP) is 5.74. The van der Waals surface area contributed by atoms with Gasteiger partial charge in [0.05, 0.1) is 18.5 Å². The van der Waals surface area contributed by atoms with E-state index >= 15 is 0 Å². The van der Waals surface area contributed by atoms with Gasteiger partial charge in [0.25, 0.3) is 0 Å². The van der Waals surface area contributed by atoms with Gasteiger partial charge >= 0.3 is 0 Å². The molecule has 6 nitrogen and oxygen atoms in total. The van der Waals surface area contributed by atoms with Gasteiger partial charge in [-0.3, -0.25) is 9.69 Å². The minimum atomic E-state index is -0.0383. The molecule has 0 saturated carbocycles. The second kappa shape index (κ2) is 10.3. The zero-order valence-corrected chi connectivity index (χ0v) is 21.9. The Morgan fingerprint density at radius 1 is 1.17 bits per heavy atom. The third kappa shape index (κ3) is 6.17. The molecule has 4 rings (SSSR count). The van der Waals surface area contributed by atoms with E-state index in [9.17, 15) is 4.79 Å². The summed E-state index contributed by atoms with van der Waals surface area (Å²) in [5.74, 6) is 1.27. The normalized spacial score (nSPS) is 17.8. The first kappa shape index (κ1) is 25.1. The van der Waals surface area contributed by atoms with Crippen molar-refractivity contribution >= 4 is 5.91 Å². The number of likely N-dealkylation sites (tertiary alicyclic amines) is 1. The molecule has 0 spiro atoms. The first-order chi connectivity index (χ1) is 16.6. The first-order valence-corrected chi connectivity index (χ1v) is 12.6. The highest BCUT2D eigenvalue weighted by Gasteiger charge is 2.28. The molecule has 1 amide bonds. The van der Waals surface area contributed by atoms with Crippen LogP contribution in [0, 0.1) is 19.8 Å². The third-order valence-electron chi connectivity index (χ3n) is 6.97. The van der Waals surface area contributed by atoms with Crippen LogP contribution in [0.4, 0.5) is 0 Å². The van der Waals surface area contributed by atoms with Crippen molar-refractivity contribution in [2.45, 2.75) is 72.4 Å². The molecule has 1 aliphatic heterocycles. The Morgan fingerprint density at radius 3 is 2.63 bits per heavy atom. The SMILES string of the molecule is Cc1ccc(C)c(C(C)NC(=O)C2CCCN(Cc3nc(-c4ccc(C(C)(C)C)cc4)no3)C2)c1. The highest BCUT2D eigenvalue weighted by atomic mass is 16.5. The van der Waals surface area contributed by atoms with Gasteiger partial charge in [0, 0.05) is 12.1 Å². The van der Waals surface area contributed by atoms with Gasteiger partial charge in [-0.1, -0.05) is 74.0 Å². The van der Waals surface area contributed by atoms with Crippen LogP contribution >= 0.6 is 0 Å². The number of carbonyl (C=O) groups excluding carboxylic acids is 1. The number of amides is 1. The predicted molar refractivity (Wildman–Crippen MR) is 139 cm³/mol. The number of rotatable bonds is 6. The number of carbonyl (C=O) groups is 1. The smallest absolute Gasteiger partial charge is 0.241 e. The maximum absolute atomic E-state index is 13.1. The van der Waals surface area contributed by atoms with E-state index in [4.69, 9.17) is 4.52 Å². The van der Waals surface area contributed by atoms with Crippen molar-refractivity contribution in [3.63, 3.8) is 0 Å². The molecule has 0 bridgehead atoms. The molecule has 2 aromatic carbocycles. The van der Waals surface area contributed by atoms with E-state index in [-0.39, 0.29) is 23.3 Å². The quantitative estimate of drug-likeness (QED) is 0.493. The lowest BCUT2D eigenvalue weighted by atomic mass is 9.87. The largest absolute Gasteiger partial charge is 0.349 e. The van der Waals surface area contributed by atoms with Gasteiger partial charge in [-0.05, 0) is 62.3 Å². The van der Waals surface area contributed by atoms with Crippen LogP contribution in [0.25, 0.3) is 11.4 Å². The number of piperidine rings is 1. The van der Waals surface area contributed by atoms with E-state index in [1.807, 2.05) is 12.1 Å². The summed E-state index contributed by atoms with van der Waals surface area (Å²) in [5.41, 5.74) is 5.92. The van der Waals surface area contributed by atoms with Crippen LogP contribution in [-0.2, 0) is 16.8 Å². The lowest BCUT2D eigenvalue weighted by molar-refractivity contribution is -0.127. The standard InChI is InChI=1S/C29H38N4O2/c1-19-9-10-20(2)25(16-19)21(3)30-28(34)23-8-7-15-33(17-23)18-26-31-27(32-35-26)22-11-13-24(14-12-22)29(4,5)6/h9-14,16,21,23H,7-8,15,17-18H2,1-6H3,(H,30,34). The first-order valence-electron chi connectivity index (χ1n) is 12.6. The van der Waals surface area contributed by atoms with E-state index in [0.717, 1.165) is 24.9 Å². The Morgan fingerprint density at radius 2 is 1.91 bits per heavy atom. The van der Waals surface area contributed by atoms with Gasteiger partial charge < -0.3 is 9.84 Å². The van der Waals surface area contributed by atoms with E-state index in [0.29, 0.717) is 24.8 Å². The maximum Gasteiger partial charge on any atom is 0.241 e. The molecule has 0 aliphatic carbocycles. The summed E-state index contributed by atoms with van der Waals surface area (Å²) in [6, 6.07) is 14.7. The van der Waals surface area contributed by atoms with Gasteiger partial charge in [-0.25, -0.2) is 0 Å². The molecule has 3 aromatic rings. The molecular formula is C29H38N4O2. The van der Waals surface area contributed by atoms with Gasteiger partial charge in [0.15, 0.2) is 0 Å². The average molecular weight is 475 g/mol. The Hall–Kier alpha value is -2.99. The molecular weight excluding hydrogens is 436 g/mol. The van der Waals surface area contributed by atoms with Crippen molar-refractivity contribution in [2.75, 3.05) is 13.1 Å². The summed E-state index contributed by atoms with van der Waals surface area (Å²) >= 11 is 0. The molecule has 6 heteroatoms. The summed E-state index contributed by atoms with van der Waals surface area (Å²) < 4.78 is 5.56. The maximum atomic E-state index is 13.1. The fraction of sp³-hybridized carbons (Fsp3) is 0.483. The van der Waals surface area contributed by atoms with Gasteiger partial charge in [-0.2, -0.15) is 4.98 Å². The fourth-order valence-electron chi connectivity index (χ4n) is 4.80. The monoisotopic (exact) mass is 474 g/mol. The van der Waals surface area contributed by atoms with E-state index in [1.54, 1.807) is 0 Å². The Balaban J connectivity index is 1.35. The van der Waals surface area contributed by atoms with Crippen molar-refractivity contribution in [1.82, 2.24) is 20.4 Å². The molecule has 186 valence electrons. The molecule has 2 heterocycles. The number of hydrogen-bond donors (Lipinski definition) is 1. The lowest BCUT2D eigenvalue weighted by Gasteiger charge is -2.31. The van der Waals surface area contributed by atoms with Crippen LogP contribution in [0.15, 0.2) is 47.0 Å². The lowest BCUT2D eigenvalue weighted by Crippen LogP contribution is -2.43. The number of benzene rings is 2. The third-order valence-corrected chi connectivity index (χ3v) is 6.97. The van der Waals surface area contributed by atoms with Crippen LogP contribution in [0.3, 0.4) is 0 Å². The van der Waals surface area contributed by atoms with Crippen LogP contribution in [0.1, 0.15) is 74.7 Å².